The van der Waals surface area contributed by atoms with Gasteiger partial charge in [-0.15, -0.1) is 0 Å². The predicted octanol–water partition coefficient (Wildman–Crippen LogP) is 2.50. The smallest absolute Gasteiger partial charge is 0.128 e. The normalized spacial score (nSPS) is 24.3. The zero-order chi connectivity index (χ0) is 14.7. The van der Waals surface area contributed by atoms with Crippen LogP contribution in [0.5, 0.6) is 0 Å². The van der Waals surface area contributed by atoms with E-state index in [4.69, 9.17) is 0 Å². The molecule has 1 atom stereocenters. The number of aliphatic hydroxyl groups excluding tert-OH is 1. The van der Waals surface area contributed by atoms with Gasteiger partial charge in [-0.05, 0) is 61.8 Å². The van der Waals surface area contributed by atoms with E-state index >= 15 is 0 Å². The highest BCUT2D eigenvalue weighted by Gasteiger charge is 2.22. The summed E-state index contributed by atoms with van der Waals surface area (Å²) in [5.74, 6) is 0.664. The van der Waals surface area contributed by atoms with Crippen LogP contribution in [-0.2, 0) is 0 Å². The van der Waals surface area contributed by atoms with E-state index < -0.39 is 0 Å². The number of nitrogens with zero attached hydrogens (tertiary/aromatic N) is 1. The van der Waals surface area contributed by atoms with Crippen molar-refractivity contribution in [2.75, 3.05) is 37.7 Å². The maximum absolute atomic E-state index is 14.4. The van der Waals surface area contributed by atoms with E-state index in [1.807, 2.05) is 6.07 Å². The first-order valence-corrected chi connectivity index (χ1v) is 8.14. The summed E-state index contributed by atoms with van der Waals surface area (Å²) in [4.78, 5) is 2.23. The molecule has 4 heteroatoms. The van der Waals surface area contributed by atoms with Crippen LogP contribution in [-0.4, -0.2) is 37.9 Å². The maximum Gasteiger partial charge on any atom is 0.128 e. The minimum absolute atomic E-state index is 0.0644. The number of piperidine rings is 2. The van der Waals surface area contributed by atoms with Crippen LogP contribution in [0.1, 0.15) is 37.2 Å². The minimum atomic E-state index is -0.0644. The monoisotopic (exact) mass is 292 g/mol. The molecule has 3 rings (SSSR count). The van der Waals surface area contributed by atoms with Crippen LogP contribution in [0.2, 0.25) is 0 Å². The molecule has 0 spiro atoms. The lowest BCUT2D eigenvalue weighted by Gasteiger charge is -2.33. The molecule has 2 aliphatic rings. The minimum Gasteiger partial charge on any atom is -0.396 e. The molecule has 116 valence electrons. The van der Waals surface area contributed by atoms with E-state index in [1.54, 1.807) is 6.07 Å². The lowest BCUT2D eigenvalue weighted by molar-refractivity contribution is 0.203. The molecule has 1 aromatic rings. The summed E-state index contributed by atoms with van der Waals surface area (Å²) in [5.41, 5.74) is 1.84. The Morgan fingerprint density at radius 3 is 2.67 bits per heavy atom. The number of rotatable bonds is 3. The Morgan fingerprint density at radius 1 is 1.24 bits per heavy atom. The van der Waals surface area contributed by atoms with Crippen molar-refractivity contribution < 1.29 is 9.50 Å². The van der Waals surface area contributed by atoms with Gasteiger partial charge in [-0.25, -0.2) is 4.39 Å². The Bertz CT molecular complexity index is 466. The van der Waals surface area contributed by atoms with Gasteiger partial charge in [0.2, 0.25) is 0 Å². The summed E-state index contributed by atoms with van der Waals surface area (Å²) >= 11 is 0. The molecule has 21 heavy (non-hydrogen) atoms. The molecular weight excluding hydrogens is 267 g/mol. The maximum atomic E-state index is 14.4. The molecule has 0 amide bonds. The topological polar surface area (TPSA) is 35.5 Å². The molecule has 0 aromatic heterocycles. The number of halogens is 1. The molecule has 1 aromatic carbocycles. The second-order valence-electron chi connectivity index (χ2n) is 6.36. The van der Waals surface area contributed by atoms with E-state index in [0.717, 1.165) is 63.1 Å². The van der Waals surface area contributed by atoms with Gasteiger partial charge in [-0.3, -0.25) is 0 Å². The van der Waals surface area contributed by atoms with Crippen LogP contribution < -0.4 is 10.2 Å². The molecule has 2 heterocycles. The van der Waals surface area contributed by atoms with Crippen molar-refractivity contribution in [3.8, 4) is 0 Å². The fourth-order valence-electron chi connectivity index (χ4n) is 3.53. The van der Waals surface area contributed by atoms with Gasteiger partial charge in [0.05, 0.1) is 0 Å². The Hall–Kier alpha value is -1.13. The van der Waals surface area contributed by atoms with Crippen molar-refractivity contribution >= 4 is 5.69 Å². The summed E-state index contributed by atoms with van der Waals surface area (Å²) in [6, 6.07) is 5.73. The SMILES string of the molecule is OCC1CCN(c2ccc(C3CCCNC3)c(F)c2)CC1. The molecule has 2 fully saturated rings. The lowest BCUT2D eigenvalue weighted by atomic mass is 9.91. The molecular formula is C17H25FN2O. The highest BCUT2D eigenvalue weighted by molar-refractivity contribution is 5.49. The second kappa shape index (κ2) is 6.75. The molecule has 0 radical (unpaired) electrons. The molecule has 2 aliphatic heterocycles. The zero-order valence-electron chi connectivity index (χ0n) is 12.5. The lowest BCUT2D eigenvalue weighted by Crippen LogP contribution is -2.34. The van der Waals surface area contributed by atoms with Gasteiger partial charge in [-0.1, -0.05) is 6.07 Å². The van der Waals surface area contributed by atoms with Gasteiger partial charge in [-0.2, -0.15) is 0 Å². The summed E-state index contributed by atoms with van der Waals surface area (Å²) in [7, 11) is 0. The Labute approximate surface area is 126 Å². The number of anilines is 1. The first-order valence-electron chi connectivity index (χ1n) is 8.14. The third-order valence-electron chi connectivity index (χ3n) is 4.96. The van der Waals surface area contributed by atoms with Crippen molar-refractivity contribution in [1.29, 1.82) is 0 Å². The average Bonchev–Trinajstić information content (AvgIpc) is 2.55. The predicted molar refractivity (Wildman–Crippen MR) is 83.3 cm³/mol. The van der Waals surface area contributed by atoms with Gasteiger partial charge < -0.3 is 15.3 Å². The van der Waals surface area contributed by atoms with E-state index in [0.29, 0.717) is 11.8 Å². The number of benzene rings is 1. The fraction of sp³-hybridized carbons (Fsp3) is 0.647. The van der Waals surface area contributed by atoms with E-state index in [9.17, 15) is 9.50 Å². The molecule has 0 aliphatic carbocycles. The number of aliphatic hydroxyl groups is 1. The van der Waals surface area contributed by atoms with Crippen LogP contribution in [0.4, 0.5) is 10.1 Å². The summed E-state index contributed by atoms with van der Waals surface area (Å²) in [6.45, 7) is 4.04. The highest BCUT2D eigenvalue weighted by atomic mass is 19.1. The fourth-order valence-corrected chi connectivity index (χ4v) is 3.53. The van der Waals surface area contributed by atoms with E-state index in [-0.39, 0.29) is 12.4 Å². The van der Waals surface area contributed by atoms with Crippen molar-refractivity contribution in [3.05, 3.63) is 29.6 Å². The third-order valence-corrected chi connectivity index (χ3v) is 4.96. The summed E-state index contributed by atoms with van der Waals surface area (Å²) < 4.78 is 14.4. The Morgan fingerprint density at radius 2 is 2.05 bits per heavy atom. The molecule has 0 saturated carbocycles. The number of hydrogen-bond acceptors (Lipinski definition) is 3. The van der Waals surface area contributed by atoms with Crippen LogP contribution in [0.25, 0.3) is 0 Å². The second-order valence-corrected chi connectivity index (χ2v) is 6.36. The summed E-state index contributed by atoms with van der Waals surface area (Å²) in [6.07, 6.45) is 4.19. The van der Waals surface area contributed by atoms with Gasteiger partial charge in [0.15, 0.2) is 0 Å². The Balaban J connectivity index is 1.69. The van der Waals surface area contributed by atoms with Gasteiger partial charge in [0.25, 0.3) is 0 Å². The molecule has 2 N–H and O–H groups in total. The first kappa shape index (κ1) is 14.8. The van der Waals surface area contributed by atoms with Crippen LogP contribution in [0.3, 0.4) is 0 Å². The standard InChI is InChI=1S/C17H25FN2O/c18-17-10-15(20-8-5-13(12-21)6-9-20)3-4-16(17)14-2-1-7-19-11-14/h3-4,10,13-14,19,21H,1-2,5-9,11-12H2. The highest BCUT2D eigenvalue weighted by Crippen LogP contribution is 2.30. The first-order chi connectivity index (χ1) is 10.3. The average molecular weight is 292 g/mol. The number of hydrogen-bond donors (Lipinski definition) is 2. The third kappa shape index (κ3) is 3.38. The van der Waals surface area contributed by atoms with Crippen molar-refractivity contribution in [1.82, 2.24) is 5.32 Å². The Kier molecular flexibility index (Phi) is 4.76. The summed E-state index contributed by atoms with van der Waals surface area (Å²) in [5, 5.41) is 12.5. The number of nitrogens with one attached hydrogen (secondary N) is 1. The molecule has 0 bridgehead atoms. The van der Waals surface area contributed by atoms with Crippen molar-refractivity contribution in [2.45, 2.75) is 31.6 Å². The molecule has 2 saturated heterocycles. The van der Waals surface area contributed by atoms with Crippen LogP contribution in [0.15, 0.2) is 18.2 Å². The molecule has 3 nitrogen and oxygen atoms in total. The van der Waals surface area contributed by atoms with Gasteiger partial charge in [0.1, 0.15) is 5.82 Å². The van der Waals surface area contributed by atoms with E-state index in [2.05, 4.69) is 16.3 Å². The van der Waals surface area contributed by atoms with Crippen molar-refractivity contribution in [3.63, 3.8) is 0 Å². The largest absolute Gasteiger partial charge is 0.396 e. The van der Waals surface area contributed by atoms with Crippen molar-refractivity contribution in [2.24, 2.45) is 5.92 Å². The van der Waals surface area contributed by atoms with Crippen LogP contribution in [0, 0.1) is 11.7 Å². The van der Waals surface area contributed by atoms with E-state index in [1.165, 1.54) is 0 Å². The quantitative estimate of drug-likeness (QED) is 0.898. The molecule has 1 unspecified atom stereocenters. The van der Waals surface area contributed by atoms with Gasteiger partial charge in [0, 0.05) is 31.9 Å². The zero-order valence-corrected chi connectivity index (χ0v) is 12.5. The van der Waals surface area contributed by atoms with Crippen LogP contribution >= 0.6 is 0 Å². The van der Waals surface area contributed by atoms with Gasteiger partial charge >= 0.3 is 0 Å².